The van der Waals surface area contributed by atoms with Crippen molar-refractivity contribution >= 4 is 51.7 Å². The van der Waals surface area contributed by atoms with Gasteiger partial charge in [0.25, 0.3) is 17.1 Å². The zero-order valence-corrected chi connectivity index (χ0v) is 15.4. The zero-order valence-electron chi connectivity index (χ0n) is 14.6. The summed E-state index contributed by atoms with van der Waals surface area (Å²) in [5.74, 6) is -1.59. The topological polar surface area (TPSA) is 74.8 Å². The highest BCUT2D eigenvalue weighted by Gasteiger charge is 2.44. The van der Waals surface area contributed by atoms with E-state index in [0.29, 0.717) is 16.9 Å². The Morgan fingerprint density at radius 3 is 2.26 bits per heavy atom. The SMILES string of the molecule is CC(=O)N1C(=O)/C(=C2\SC(=O)N(c3ccc(C)cc3)C2=O)c2ccccc21. The predicted octanol–water partition coefficient (Wildman–Crippen LogP) is 3.50. The first kappa shape index (κ1) is 17.2. The van der Waals surface area contributed by atoms with Crippen molar-refractivity contribution in [2.75, 3.05) is 9.80 Å². The lowest BCUT2D eigenvalue weighted by molar-refractivity contribution is -0.122. The lowest BCUT2D eigenvalue weighted by atomic mass is 10.1. The number of carbonyl (C=O) groups excluding carboxylic acids is 4. The van der Waals surface area contributed by atoms with Gasteiger partial charge in [0.05, 0.1) is 21.9 Å². The van der Waals surface area contributed by atoms with Crippen molar-refractivity contribution in [3.05, 3.63) is 64.6 Å². The molecule has 0 aliphatic carbocycles. The number of imide groups is 2. The van der Waals surface area contributed by atoms with Crippen LogP contribution in [0.3, 0.4) is 0 Å². The van der Waals surface area contributed by atoms with Crippen LogP contribution in [-0.4, -0.2) is 23.0 Å². The molecular formula is C20H14N2O4S. The van der Waals surface area contributed by atoms with E-state index in [0.717, 1.165) is 27.1 Å². The molecular weight excluding hydrogens is 364 g/mol. The van der Waals surface area contributed by atoms with Crippen LogP contribution in [0.4, 0.5) is 16.2 Å². The second-order valence-electron chi connectivity index (χ2n) is 6.22. The van der Waals surface area contributed by atoms with Crippen LogP contribution in [0.2, 0.25) is 0 Å². The average molecular weight is 378 g/mol. The van der Waals surface area contributed by atoms with E-state index >= 15 is 0 Å². The number of amides is 4. The molecule has 0 aromatic heterocycles. The Bertz CT molecular complexity index is 1060. The minimum atomic E-state index is -0.585. The largest absolute Gasteiger partial charge is 0.298 e. The summed E-state index contributed by atoms with van der Waals surface area (Å²) in [6.07, 6.45) is 0. The maximum atomic E-state index is 13.0. The molecule has 0 spiro atoms. The molecule has 7 heteroatoms. The van der Waals surface area contributed by atoms with E-state index in [-0.39, 0.29) is 10.5 Å². The Labute approximate surface area is 159 Å². The molecule has 2 aromatic rings. The number of benzene rings is 2. The van der Waals surface area contributed by atoms with Crippen molar-refractivity contribution < 1.29 is 19.2 Å². The molecule has 134 valence electrons. The fourth-order valence-electron chi connectivity index (χ4n) is 3.18. The van der Waals surface area contributed by atoms with Gasteiger partial charge in [0.2, 0.25) is 5.91 Å². The highest BCUT2D eigenvalue weighted by molar-refractivity contribution is 8.19. The van der Waals surface area contributed by atoms with Gasteiger partial charge in [0, 0.05) is 12.5 Å². The summed E-state index contributed by atoms with van der Waals surface area (Å²) in [5.41, 5.74) is 2.44. The molecule has 0 atom stereocenters. The Kier molecular flexibility index (Phi) is 3.96. The highest BCUT2D eigenvalue weighted by atomic mass is 32.2. The van der Waals surface area contributed by atoms with Crippen molar-refractivity contribution in [1.29, 1.82) is 0 Å². The van der Waals surface area contributed by atoms with Gasteiger partial charge in [-0.25, -0.2) is 9.80 Å². The van der Waals surface area contributed by atoms with Crippen LogP contribution in [0.1, 0.15) is 18.1 Å². The van der Waals surface area contributed by atoms with Gasteiger partial charge in [-0.05, 0) is 36.9 Å². The summed E-state index contributed by atoms with van der Waals surface area (Å²) in [6.45, 7) is 3.19. The Balaban J connectivity index is 1.85. The molecule has 6 nitrogen and oxygen atoms in total. The number of rotatable bonds is 1. The van der Waals surface area contributed by atoms with Crippen LogP contribution in [0.25, 0.3) is 5.57 Å². The number of carbonyl (C=O) groups is 4. The molecule has 1 saturated heterocycles. The van der Waals surface area contributed by atoms with Crippen LogP contribution >= 0.6 is 11.8 Å². The van der Waals surface area contributed by atoms with Crippen molar-refractivity contribution in [3.63, 3.8) is 0 Å². The number of hydrogen-bond acceptors (Lipinski definition) is 5. The minimum Gasteiger partial charge on any atom is -0.274 e. The van der Waals surface area contributed by atoms with E-state index in [1.165, 1.54) is 6.92 Å². The second kappa shape index (κ2) is 6.21. The summed E-state index contributed by atoms with van der Waals surface area (Å²) >= 11 is 0.717. The third kappa shape index (κ3) is 2.59. The molecule has 0 bridgehead atoms. The number of anilines is 2. The second-order valence-corrected chi connectivity index (χ2v) is 7.19. The number of nitrogens with zero attached hydrogens (tertiary/aromatic N) is 2. The monoisotopic (exact) mass is 378 g/mol. The lowest BCUT2D eigenvalue weighted by Gasteiger charge is -2.13. The van der Waals surface area contributed by atoms with Crippen LogP contribution in [0.15, 0.2) is 53.4 Å². The molecule has 27 heavy (non-hydrogen) atoms. The van der Waals surface area contributed by atoms with Crippen molar-refractivity contribution in [2.24, 2.45) is 0 Å². The molecule has 0 radical (unpaired) electrons. The normalized spacial score (nSPS) is 19.1. The molecule has 2 aromatic carbocycles. The van der Waals surface area contributed by atoms with Gasteiger partial charge in [-0.3, -0.25) is 19.2 Å². The molecule has 1 fully saturated rings. The summed E-state index contributed by atoms with van der Waals surface area (Å²) in [6, 6.07) is 13.7. The lowest BCUT2D eigenvalue weighted by Crippen LogP contribution is -2.32. The fraction of sp³-hybridized carbons (Fsp3) is 0.100. The van der Waals surface area contributed by atoms with Crippen molar-refractivity contribution in [3.8, 4) is 0 Å². The first-order valence-electron chi connectivity index (χ1n) is 8.22. The number of fused-ring (bicyclic) bond motifs is 1. The van der Waals surface area contributed by atoms with Gasteiger partial charge in [0.15, 0.2) is 0 Å². The van der Waals surface area contributed by atoms with E-state index < -0.39 is 23.0 Å². The van der Waals surface area contributed by atoms with Crippen LogP contribution < -0.4 is 9.80 Å². The molecule has 4 rings (SSSR count). The molecule has 4 amide bonds. The number of thioether (sulfide) groups is 1. The van der Waals surface area contributed by atoms with Gasteiger partial charge < -0.3 is 0 Å². The van der Waals surface area contributed by atoms with Gasteiger partial charge in [0.1, 0.15) is 0 Å². The van der Waals surface area contributed by atoms with E-state index in [4.69, 9.17) is 0 Å². The van der Waals surface area contributed by atoms with Crippen molar-refractivity contribution in [2.45, 2.75) is 13.8 Å². The maximum Gasteiger partial charge on any atom is 0.298 e. The average Bonchev–Trinajstić information content (AvgIpc) is 3.08. The summed E-state index contributed by atoms with van der Waals surface area (Å²) in [4.78, 5) is 52.5. The number of aryl methyl sites for hydroxylation is 1. The van der Waals surface area contributed by atoms with E-state index in [2.05, 4.69) is 0 Å². The van der Waals surface area contributed by atoms with E-state index in [1.807, 2.05) is 6.92 Å². The zero-order chi connectivity index (χ0) is 19.3. The number of para-hydroxylation sites is 1. The van der Waals surface area contributed by atoms with Gasteiger partial charge in [-0.15, -0.1) is 0 Å². The Hall–Kier alpha value is -3.19. The van der Waals surface area contributed by atoms with Gasteiger partial charge >= 0.3 is 0 Å². The Morgan fingerprint density at radius 1 is 0.926 bits per heavy atom. The summed E-state index contributed by atoms with van der Waals surface area (Å²) in [5, 5.41) is -0.474. The fourth-order valence-corrected chi connectivity index (χ4v) is 4.12. The molecule has 2 heterocycles. The smallest absolute Gasteiger partial charge is 0.274 e. The molecule has 0 saturated carbocycles. The minimum absolute atomic E-state index is 0.0433. The molecule has 0 unspecified atom stereocenters. The van der Waals surface area contributed by atoms with Gasteiger partial charge in [-0.2, -0.15) is 0 Å². The number of hydrogen-bond donors (Lipinski definition) is 0. The van der Waals surface area contributed by atoms with Crippen LogP contribution in [0.5, 0.6) is 0 Å². The van der Waals surface area contributed by atoms with Crippen molar-refractivity contribution in [1.82, 2.24) is 0 Å². The quantitative estimate of drug-likeness (QED) is 0.710. The van der Waals surface area contributed by atoms with Crippen LogP contribution in [0, 0.1) is 6.92 Å². The molecule has 0 N–H and O–H groups in total. The molecule has 2 aliphatic rings. The highest BCUT2D eigenvalue weighted by Crippen LogP contribution is 2.45. The Morgan fingerprint density at radius 2 is 1.59 bits per heavy atom. The summed E-state index contributed by atoms with van der Waals surface area (Å²) < 4.78 is 0. The third-order valence-electron chi connectivity index (χ3n) is 4.43. The standard InChI is InChI=1S/C20H14N2O4S/c1-11-7-9-13(10-8-11)22-19(25)17(27-20(22)26)16-14-5-3-4-6-15(14)21(12(2)23)18(16)24/h3-10H,1-2H3/b17-16-. The predicted molar refractivity (Wildman–Crippen MR) is 103 cm³/mol. The molecule has 2 aliphatic heterocycles. The van der Waals surface area contributed by atoms with Crippen LogP contribution in [-0.2, 0) is 14.4 Å². The van der Waals surface area contributed by atoms with Gasteiger partial charge in [-0.1, -0.05) is 35.9 Å². The van der Waals surface area contributed by atoms with E-state index in [9.17, 15) is 19.2 Å². The first-order valence-corrected chi connectivity index (χ1v) is 9.03. The van der Waals surface area contributed by atoms with E-state index in [1.54, 1.807) is 48.5 Å². The maximum absolute atomic E-state index is 13.0. The summed E-state index contributed by atoms with van der Waals surface area (Å²) in [7, 11) is 0. The third-order valence-corrected chi connectivity index (χ3v) is 5.37. The first-order chi connectivity index (χ1) is 12.9.